The zero-order valence-electron chi connectivity index (χ0n) is 15.4. The minimum atomic E-state index is 0.263. The van der Waals surface area contributed by atoms with Crippen LogP contribution in [0.25, 0.3) is 17.2 Å². The van der Waals surface area contributed by atoms with E-state index in [1.165, 1.54) is 0 Å². The fraction of sp³-hybridized carbons (Fsp3) is 0.273. The fourth-order valence-electron chi connectivity index (χ4n) is 3.75. The van der Waals surface area contributed by atoms with Crippen molar-refractivity contribution in [1.82, 2.24) is 16.0 Å². The molecule has 136 valence electrons. The Morgan fingerprint density at radius 1 is 1.22 bits per heavy atom. The van der Waals surface area contributed by atoms with Gasteiger partial charge < -0.3 is 4.84 Å². The van der Waals surface area contributed by atoms with E-state index in [1.54, 1.807) is 0 Å². The van der Waals surface area contributed by atoms with Crippen LogP contribution in [0.4, 0.5) is 0 Å². The largest absolute Gasteiger partial charge is 0.392 e. The first-order chi connectivity index (χ1) is 13.2. The van der Waals surface area contributed by atoms with Crippen LogP contribution in [0, 0.1) is 29.1 Å². The van der Waals surface area contributed by atoms with Gasteiger partial charge in [-0.1, -0.05) is 49.8 Å². The molecular formula is C22H22N4O. The maximum absolute atomic E-state index is 9.28. The van der Waals surface area contributed by atoms with Crippen molar-refractivity contribution in [2.75, 3.05) is 0 Å². The number of nitriles is 1. The van der Waals surface area contributed by atoms with Crippen LogP contribution in [0.3, 0.4) is 0 Å². The van der Waals surface area contributed by atoms with Gasteiger partial charge in [-0.15, -0.1) is 0 Å². The third kappa shape index (κ3) is 3.32. The molecule has 0 saturated carbocycles. The Labute approximate surface area is 159 Å². The summed E-state index contributed by atoms with van der Waals surface area (Å²) in [5, 5.41) is 9.28. The van der Waals surface area contributed by atoms with Crippen molar-refractivity contribution in [3.05, 3.63) is 71.4 Å². The van der Waals surface area contributed by atoms with Crippen LogP contribution in [0.2, 0.25) is 0 Å². The van der Waals surface area contributed by atoms with Gasteiger partial charge in [-0.2, -0.15) is 5.26 Å². The molecule has 1 aromatic heterocycles. The molecule has 27 heavy (non-hydrogen) atoms. The Bertz CT molecular complexity index is 940. The van der Waals surface area contributed by atoms with Crippen molar-refractivity contribution < 1.29 is 4.84 Å². The third-order valence-electron chi connectivity index (χ3n) is 5.58. The van der Waals surface area contributed by atoms with Crippen molar-refractivity contribution >= 4 is 6.08 Å². The molecule has 2 heterocycles. The molecule has 0 amide bonds. The summed E-state index contributed by atoms with van der Waals surface area (Å²) in [6, 6.07) is 13.8. The van der Waals surface area contributed by atoms with Gasteiger partial charge in [0.2, 0.25) is 0 Å². The van der Waals surface area contributed by atoms with Crippen LogP contribution < -0.4 is 11.0 Å². The highest BCUT2D eigenvalue weighted by Gasteiger charge is 2.35. The second-order valence-corrected chi connectivity index (χ2v) is 7.22. The Morgan fingerprint density at radius 2 is 2.07 bits per heavy atom. The molecular weight excluding hydrogens is 336 g/mol. The molecule has 0 fully saturated rings. The predicted molar refractivity (Wildman–Crippen MR) is 104 cm³/mol. The molecule has 2 aliphatic rings. The zero-order valence-corrected chi connectivity index (χ0v) is 15.4. The standard InChI is InChI=1S/C22H22N4O/c1-14-11-21-22(25-26-27-21)19(15(14)2)10-9-18-8-7-17(13-24-18)20-6-4-3-5-16(20)12-23/h3-10,13-15,19,25-26H,11H2,1-2H3/b10-9+/t14-,15+,19-/m0/s1. The molecule has 0 spiro atoms. The lowest BCUT2D eigenvalue weighted by atomic mass is 9.75. The first-order valence-electron chi connectivity index (χ1n) is 9.22. The van der Waals surface area contributed by atoms with Crippen LogP contribution in [0.5, 0.6) is 0 Å². The molecule has 0 radical (unpaired) electrons. The van der Waals surface area contributed by atoms with Crippen molar-refractivity contribution in [3.8, 4) is 17.2 Å². The van der Waals surface area contributed by atoms with E-state index >= 15 is 0 Å². The Balaban J connectivity index is 1.56. The number of hydrogen-bond acceptors (Lipinski definition) is 5. The molecule has 0 saturated heterocycles. The van der Waals surface area contributed by atoms with Crippen molar-refractivity contribution in [3.63, 3.8) is 0 Å². The highest BCUT2D eigenvalue weighted by molar-refractivity contribution is 5.70. The first-order valence-corrected chi connectivity index (χ1v) is 9.22. The van der Waals surface area contributed by atoms with E-state index in [9.17, 15) is 5.26 Å². The number of benzene rings is 1. The minimum Gasteiger partial charge on any atom is -0.392 e. The Hall–Kier alpha value is -3.10. The maximum Gasteiger partial charge on any atom is 0.147 e. The molecule has 4 rings (SSSR count). The smallest absolute Gasteiger partial charge is 0.147 e. The number of aromatic nitrogens is 1. The van der Waals surface area contributed by atoms with Crippen LogP contribution in [-0.2, 0) is 4.84 Å². The normalized spacial score (nSPS) is 24.3. The van der Waals surface area contributed by atoms with Gasteiger partial charge in [0.15, 0.2) is 0 Å². The van der Waals surface area contributed by atoms with Crippen molar-refractivity contribution in [2.45, 2.75) is 20.3 Å². The van der Waals surface area contributed by atoms with Gasteiger partial charge in [0.1, 0.15) is 5.76 Å². The van der Waals surface area contributed by atoms with Gasteiger partial charge >= 0.3 is 0 Å². The van der Waals surface area contributed by atoms with E-state index < -0.39 is 0 Å². The second-order valence-electron chi connectivity index (χ2n) is 7.22. The molecule has 5 nitrogen and oxygen atoms in total. The van der Waals surface area contributed by atoms with E-state index in [2.05, 4.69) is 48.1 Å². The molecule has 2 aromatic rings. The molecule has 0 unspecified atom stereocenters. The average Bonchev–Trinajstić information content (AvgIpc) is 3.16. The van der Waals surface area contributed by atoms with Gasteiger partial charge in [0, 0.05) is 29.7 Å². The number of nitrogens with zero attached hydrogens (tertiary/aromatic N) is 2. The monoisotopic (exact) mass is 358 g/mol. The quantitative estimate of drug-likeness (QED) is 0.861. The van der Waals surface area contributed by atoms with Gasteiger partial charge in [-0.05, 0) is 30.0 Å². The Morgan fingerprint density at radius 3 is 2.85 bits per heavy atom. The summed E-state index contributed by atoms with van der Waals surface area (Å²) >= 11 is 0. The topological polar surface area (TPSA) is 70.0 Å². The molecule has 0 bridgehead atoms. The number of pyridine rings is 1. The van der Waals surface area contributed by atoms with Gasteiger partial charge in [-0.25, -0.2) is 0 Å². The van der Waals surface area contributed by atoms with E-state index in [4.69, 9.17) is 4.84 Å². The van der Waals surface area contributed by atoms with E-state index in [1.807, 2.05) is 42.6 Å². The zero-order chi connectivity index (χ0) is 18.8. The molecule has 2 N–H and O–H groups in total. The average molecular weight is 358 g/mol. The van der Waals surface area contributed by atoms with Crippen LogP contribution in [0.15, 0.2) is 60.1 Å². The lowest BCUT2D eigenvalue weighted by Gasteiger charge is -2.31. The third-order valence-corrected chi connectivity index (χ3v) is 5.58. The lowest BCUT2D eigenvalue weighted by Crippen LogP contribution is -2.31. The predicted octanol–water partition coefficient (Wildman–Crippen LogP) is 4.18. The molecule has 5 heteroatoms. The summed E-state index contributed by atoms with van der Waals surface area (Å²) < 4.78 is 0. The molecule has 1 aromatic carbocycles. The lowest BCUT2D eigenvalue weighted by molar-refractivity contribution is 0.0986. The Kier molecular flexibility index (Phi) is 4.66. The number of rotatable bonds is 3. The highest BCUT2D eigenvalue weighted by atomic mass is 16.7. The molecule has 1 aliphatic heterocycles. The summed E-state index contributed by atoms with van der Waals surface area (Å²) in [6.45, 7) is 4.54. The van der Waals surface area contributed by atoms with Gasteiger partial charge in [0.05, 0.1) is 23.0 Å². The van der Waals surface area contributed by atoms with E-state index in [0.29, 0.717) is 17.4 Å². The van der Waals surface area contributed by atoms with Crippen LogP contribution >= 0.6 is 0 Å². The highest BCUT2D eigenvalue weighted by Crippen LogP contribution is 2.39. The number of hydrogen-bond donors (Lipinski definition) is 2. The van der Waals surface area contributed by atoms with Crippen LogP contribution in [-0.4, -0.2) is 4.98 Å². The minimum absolute atomic E-state index is 0.263. The summed E-state index contributed by atoms with van der Waals surface area (Å²) in [5.74, 6) is 2.34. The molecule has 3 atom stereocenters. The van der Waals surface area contributed by atoms with E-state index in [0.717, 1.165) is 34.7 Å². The molecule has 1 aliphatic carbocycles. The maximum atomic E-state index is 9.28. The summed E-state index contributed by atoms with van der Waals surface area (Å²) in [4.78, 5) is 10.1. The summed E-state index contributed by atoms with van der Waals surface area (Å²) in [7, 11) is 0. The van der Waals surface area contributed by atoms with Crippen LogP contribution in [0.1, 0.15) is 31.5 Å². The summed E-state index contributed by atoms with van der Waals surface area (Å²) in [6.07, 6.45) is 7.03. The van der Waals surface area contributed by atoms with Crippen molar-refractivity contribution in [1.29, 1.82) is 5.26 Å². The van der Waals surface area contributed by atoms with Gasteiger partial charge in [0.25, 0.3) is 0 Å². The fourth-order valence-corrected chi connectivity index (χ4v) is 3.75. The van der Waals surface area contributed by atoms with E-state index in [-0.39, 0.29) is 5.92 Å². The van der Waals surface area contributed by atoms with Gasteiger partial charge in [-0.3, -0.25) is 10.4 Å². The second kappa shape index (κ2) is 7.26. The number of nitrogens with one attached hydrogen (secondary N) is 2. The SMILES string of the molecule is C[C@H]1[C@H](/C=C/c2ccc(-c3ccccc3C#N)cn2)C2=C(C[C@@H]1C)ONN2. The first kappa shape index (κ1) is 17.3. The number of allylic oxidation sites excluding steroid dienone is 2. The van der Waals surface area contributed by atoms with Crippen molar-refractivity contribution in [2.24, 2.45) is 17.8 Å². The number of hydrazine groups is 1. The summed E-state index contributed by atoms with van der Waals surface area (Å²) in [5.41, 5.74) is 10.4.